The lowest BCUT2D eigenvalue weighted by Crippen LogP contribution is -2.25. The Bertz CT molecular complexity index is 103. The molecule has 0 spiro atoms. The number of halogens is 1. The average Bonchev–Trinajstić information content (AvgIpc) is 2.13. The molecule has 1 fully saturated rings. The van der Waals surface area contributed by atoms with E-state index in [2.05, 4.69) is 41.3 Å². The second-order valence-corrected chi connectivity index (χ2v) is 5.30. The summed E-state index contributed by atoms with van der Waals surface area (Å²) in [7, 11) is 0. The molecular weight excluding hydrogens is 237 g/mol. The molecule has 0 bridgehead atoms. The highest BCUT2D eigenvalue weighted by atomic mass is 127. The Morgan fingerprint density at radius 2 is 2.30 bits per heavy atom. The van der Waals surface area contributed by atoms with Gasteiger partial charge in [0.2, 0.25) is 0 Å². The fraction of sp³-hybridized carbons (Fsp3) is 1.00. The third kappa shape index (κ3) is 2.74. The lowest BCUT2D eigenvalue weighted by atomic mass is 10.2. The van der Waals surface area contributed by atoms with Crippen molar-refractivity contribution in [3.8, 4) is 0 Å². The van der Waals surface area contributed by atoms with Gasteiger partial charge >= 0.3 is 0 Å². The monoisotopic (exact) mass is 253 g/mol. The largest absolute Gasteiger partial charge is 0.302 e. The summed E-state index contributed by atoms with van der Waals surface area (Å²) in [4.78, 5) is 2.57. The molecule has 0 saturated carbocycles. The molecule has 10 heavy (non-hydrogen) atoms. The van der Waals surface area contributed by atoms with Gasteiger partial charge < -0.3 is 4.90 Å². The van der Waals surface area contributed by atoms with Crippen molar-refractivity contribution in [2.75, 3.05) is 19.6 Å². The van der Waals surface area contributed by atoms with E-state index in [4.69, 9.17) is 0 Å². The first-order valence-corrected chi connectivity index (χ1v) is 5.29. The maximum atomic E-state index is 2.57. The molecule has 0 radical (unpaired) electrons. The number of rotatable bonds is 2. The van der Waals surface area contributed by atoms with Gasteiger partial charge in [-0.1, -0.05) is 36.4 Å². The smallest absolute Gasteiger partial charge is 0.0249 e. The maximum Gasteiger partial charge on any atom is 0.0249 e. The van der Waals surface area contributed by atoms with E-state index in [1.165, 1.54) is 26.1 Å². The Morgan fingerprint density at radius 1 is 1.60 bits per heavy atom. The molecule has 2 heteroatoms. The van der Waals surface area contributed by atoms with Crippen LogP contribution in [-0.2, 0) is 0 Å². The van der Waals surface area contributed by atoms with Crippen LogP contribution in [0.5, 0.6) is 0 Å². The summed E-state index contributed by atoms with van der Waals surface area (Å²) < 4.78 is 0.913. The van der Waals surface area contributed by atoms with E-state index in [1.54, 1.807) is 0 Å². The van der Waals surface area contributed by atoms with Crippen LogP contribution in [0.4, 0.5) is 0 Å². The van der Waals surface area contributed by atoms with Gasteiger partial charge in [0, 0.05) is 17.0 Å². The highest BCUT2D eigenvalue weighted by Gasteiger charge is 2.19. The minimum Gasteiger partial charge on any atom is -0.302 e. The topological polar surface area (TPSA) is 3.24 Å². The van der Waals surface area contributed by atoms with E-state index in [9.17, 15) is 0 Å². The summed E-state index contributed by atoms with van der Waals surface area (Å²) >= 11 is 2.55. The van der Waals surface area contributed by atoms with E-state index < -0.39 is 0 Å². The van der Waals surface area contributed by atoms with Crippen LogP contribution >= 0.6 is 22.6 Å². The SMILES string of the molecule is CC(C)CN1CCC(I)C1. The fourth-order valence-electron chi connectivity index (χ4n) is 1.47. The summed E-state index contributed by atoms with van der Waals surface area (Å²) in [5.74, 6) is 0.835. The van der Waals surface area contributed by atoms with Gasteiger partial charge in [0.05, 0.1) is 0 Å². The summed E-state index contributed by atoms with van der Waals surface area (Å²) in [5.41, 5.74) is 0. The first-order valence-electron chi connectivity index (χ1n) is 4.05. The van der Waals surface area contributed by atoms with Crippen molar-refractivity contribution in [1.82, 2.24) is 4.90 Å². The van der Waals surface area contributed by atoms with Crippen LogP contribution in [0.1, 0.15) is 20.3 Å². The zero-order valence-electron chi connectivity index (χ0n) is 6.81. The van der Waals surface area contributed by atoms with Crippen molar-refractivity contribution in [1.29, 1.82) is 0 Å². The molecule has 1 aliphatic heterocycles. The Balaban J connectivity index is 2.18. The van der Waals surface area contributed by atoms with Crippen molar-refractivity contribution in [3.05, 3.63) is 0 Å². The second-order valence-electron chi connectivity index (χ2n) is 3.54. The van der Waals surface area contributed by atoms with E-state index in [-0.39, 0.29) is 0 Å². The summed E-state index contributed by atoms with van der Waals surface area (Å²) in [6.07, 6.45) is 1.40. The molecule has 1 saturated heterocycles. The normalized spacial score (nSPS) is 28.2. The molecule has 0 aromatic heterocycles. The van der Waals surface area contributed by atoms with Crippen LogP contribution in [-0.4, -0.2) is 28.5 Å². The van der Waals surface area contributed by atoms with Crippen molar-refractivity contribution in [2.24, 2.45) is 5.92 Å². The van der Waals surface area contributed by atoms with Gasteiger partial charge in [0.25, 0.3) is 0 Å². The van der Waals surface area contributed by atoms with Gasteiger partial charge in [-0.3, -0.25) is 0 Å². The Morgan fingerprint density at radius 3 is 2.70 bits per heavy atom. The van der Waals surface area contributed by atoms with Crippen LogP contribution in [0, 0.1) is 5.92 Å². The average molecular weight is 253 g/mol. The zero-order chi connectivity index (χ0) is 7.56. The number of likely N-dealkylation sites (tertiary alicyclic amines) is 1. The van der Waals surface area contributed by atoms with Crippen molar-refractivity contribution in [2.45, 2.75) is 24.2 Å². The molecular formula is C8H16IN. The molecule has 1 nitrogen and oxygen atoms in total. The molecule has 1 unspecified atom stereocenters. The number of hydrogen-bond donors (Lipinski definition) is 0. The predicted molar refractivity (Wildman–Crippen MR) is 53.7 cm³/mol. The maximum absolute atomic E-state index is 2.57. The van der Waals surface area contributed by atoms with Crippen LogP contribution < -0.4 is 0 Å². The van der Waals surface area contributed by atoms with Gasteiger partial charge in [-0.15, -0.1) is 0 Å². The van der Waals surface area contributed by atoms with Crippen LogP contribution in [0.2, 0.25) is 0 Å². The van der Waals surface area contributed by atoms with Gasteiger partial charge in [0.15, 0.2) is 0 Å². The van der Waals surface area contributed by atoms with E-state index in [0.29, 0.717) is 0 Å². The molecule has 0 aromatic carbocycles. The van der Waals surface area contributed by atoms with E-state index >= 15 is 0 Å². The standard InChI is InChI=1S/C8H16IN/c1-7(2)5-10-4-3-8(9)6-10/h7-8H,3-6H2,1-2H3. The second kappa shape index (κ2) is 3.90. The highest BCUT2D eigenvalue weighted by molar-refractivity contribution is 14.1. The molecule has 1 rings (SSSR count). The predicted octanol–water partition coefficient (Wildman–Crippen LogP) is 2.15. The zero-order valence-corrected chi connectivity index (χ0v) is 8.97. The molecule has 0 aliphatic carbocycles. The number of alkyl halides is 1. The summed E-state index contributed by atoms with van der Waals surface area (Å²) in [6, 6.07) is 0. The lowest BCUT2D eigenvalue weighted by molar-refractivity contribution is 0.300. The van der Waals surface area contributed by atoms with Crippen molar-refractivity contribution in [3.63, 3.8) is 0 Å². The highest BCUT2D eigenvalue weighted by Crippen LogP contribution is 2.17. The van der Waals surface area contributed by atoms with Gasteiger partial charge in [-0.05, 0) is 18.9 Å². The first-order chi connectivity index (χ1) is 4.68. The van der Waals surface area contributed by atoms with E-state index in [0.717, 1.165) is 9.84 Å². The van der Waals surface area contributed by atoms with E-state index in [1.807, 2.05) is 0 Å². The minimum atomic E-state index is 0.835. The Labute approximate surface area is 77.3 Å². The van der Waals surface area contributed by atoms with Crippen LogP contribution in [0.25, 0.3) is 0 Å². The van der Waals surface area contributed by atoms with Crippen LogP contribution in [0.3, 0.4) is 0 Å². The van der Waals surface area contributed by atoms with Gasteiger partial charge in [-0.25, -0.2) is 0 Å². The molecule has 0 amide bonds. The van der Waals surface area contributed by atoms with Crippen molar-refractivity contribution >= 4 is 22.6 Å². The lowest BCUT2D eigenvalue weighted by Gasteiger charge is -2.16. The number of hydrogen-bond acceptors (Lipinski definition) is 1. The molecule has 0 N–H and O–H groups in total. The summed E-state index contributed by atoms with van der Waals surface area (Å²) in [5, 5.41) is 0. The molecule has 0 aromatic rings. The molecule has 1 atom stereocenters. The third-order valence-electron chi connectivity index (χ3n) is 1.84. The molecule has 60 valence electrons. The summed E-state index contributed by atoms with van der Waals surface area (Å²) in [6.45, 7) is 8.52. The Hall–Kier alpha value is 0.690. The van der Waals surface area contributed by atoms with Gasteiger partial charge in [-0.2, -0.15) is 0 Å². The number of nitrogens with zero attached hydrogens (tertiary/aromatic N) is 1. The van der Waals surface area contributed by atoms with Crippen LogP contribution in [0.15, 0.2) is 0 Å². The molecule has 1 heterocycles. The molecule has 1 aliphatic rings. The minimum absolute atomic E-state index is 0.835. The van der Waals surface area contributed by atoms with Gasteiger partial charge in [0.1, 0.15) is 0 Å². The quantitative estimate of drug-likeness (QED) is 0.538. The third-order valence-corrected chi connectivity index (χ3v) is 2.85. The van der Waals surface area contributed by atoms with Crippen molar-refractivity contribution < 1.29 is 0 Å². The Kier molecular flexibility index (Phi) is 3.43. The fourth-order valence-corrected chi connectivity index (χ4v) is 2.30. The first kappa shape index (κ1) is 8.78.